The van der Waals surface area contributed by atoms with E-state index in [0.717, 1.165) is 31.2 Å². The van der Waals surface area contributed by atoms with Gasteiger partial charge in [0.25, 0.3) is 10.2 Å². The quantitative estimate of drug-likeness (QED) is 0.874. The van der Waals surface area contributed by atoms with Gasteiger partial charge in [-0.05, 0) is 18.9 Å². The van der Waals surface area contributed by atoms with E-state index >= 15 is 0 Å². The minimum Gasteiger partial charge on any atom is -0.237 e. The molecule has 3 rings (SSSR count). The molecule has 0 aromatic carbocycles. The zero-order chi connectivity index (χ0) is 16.1. The fraction of sp³-hybridized carbons (Fsp3) is 0.500. The predicted octanol–water partition coefficient (Wildman–Crippen LogP) is 0.873. The third-order valence-electron chi connectivity index (χ3n) is 3.85. The molecule has 0 unspecified atom stereocenters. The average Bonchev–Trinajstić information content (AvgIpc) is 2.94. The summed E-state index contributed by atoms with van der Waals surface area (Å²) < 4.78 is 30.7. The molecule has 3 heterocycles. The number of nitrogens with zero attached hydrogens (tertiary/aromatic N) is 5. The first-order valence-corrected chi connectivity index (χ1v) is 9.14. The minimum atomic E-state index is -3.48. The first-order chi connectivity index (χ1) is 11.2. The molecule has 2 aromatic heterocycles. The van der Waals surface area contributed by atoms with E-state index in [0.29, 0.717) is 18.9 Å². The van der Waals surface area contributed by atoms with Crippen LogP contribution >= 0.6 is 0 Å². The molecule has 23 heavy (non-hydrogen) atoms. The largest absolute Gasteiger partial charge is 0.279 e. The Hall–Kier alpha value is -1.84. The molecular weight excluding hydrogens is 316 g/mol. The maximum atomic E-state index is 12.5. The Balaban J connectivity index is 1.73. The van der Waals surface area contributed by atoms with Crippen LogP contribution < -0.4 is 4.72 Å². The molecule has 124 valence electrons. The second-order valence-electron chi connectivity index (χ2n) is 5.47. The van der Waals surface area contributed by atoms with Crippen LogP contribution in [0.25, 0.3) is 5.82 Å². The molecule has 0 aliphatic carbocycles. The molecule has 0 amide bonds. The molecule has 9 heteroatoms. The molecule has 0 saturated carbocycles. The molecule has 0 bridgehead atoms. The van der Waals surface area contributed by atoms with Gasteiger partial charge in [-0.15, -0.1) is 0 Å². The Labute approximate surface area is 135 Å². The fourth-order valence-corrected chi connectivity index (χ4v) is 3.89. The number of hydrogen-bond acceptors (Lipinski definition) is 5. The van der Waals surface area contributed by atoms with Crippen LogP contribution in [0.2, 0.25) is 0 Å². The zero-order valence-electron chi connectivity index (χ0n) is 12.8. The van der Waals surface area contributed by atoms with Gasteiger partial charge in [-0.1, -0.05) is 18.9 Å². The van der Waals surface area contributed by atoms with Crippen molar-refractivity contribution in [3.63, 3.8) is 0 Å². The van der Waals surface area contributed by atoms with Gasteiger partial charge in [0.15, 0.2) is 5.82 Å². The van der Waals surface area contributed by atoms with Crippen LogP contribution in [0.3, 0.4) is 0 Å². The van der Waals surface area contributed by atoms with E-state index in [1.807, 2.05) is 6.07 Å². The molecule has 1 N–H and O–H groups in total. The summed E-state index contributed by atoms with van der Waals surface area (Å²) in [6.45, 7) is 1.33. The van der Waals surface area contributed by atoms with E-state index in [1.54, 1.807) is 12.3 Å². The molecule has 0 radical (unpaired) electrons. The van der Waals surface area contributed by atoms with E-state index in [9.17, 15) is 8.42 Å². The number of pyridine rings is 1. The van der Waals surface area contributed by atoms with Crippen molar-refractivity contribution in [1.29, 1.82) is 0 Å². The first kappa shape index (κ1) is 16.0. The van der Waals surface area contributed by atoms with Gasteiger partial charge >= 0.3 is 0 Å². The zero-order valence-corrected chi connectivity index (χ0v) is 13.6. The summed E-state index contributed by atoms with van der Waals surface area (Å²) in [5.74, 6) is 0.573. The second kappa shape index (κ2) is 7.16. The predicted molar refractivity (Wildman–Crippen MR) is 85.0 cm³/mol. The van der Waals surface area contributed by atoms with Crippen LogP contribution in [0, 0.1) is 0 Å². The number of hydrogen-bond donors (Lipinski definition) is 1. The van der Waals surface area contributed by atoms with Gasteiger partial charge in [0.2, 0.25) is 0 Å². The van der Waals surface area contributed by atoms with E-state index in [-0.39, 0.29) is 6.54 Å². The molecule has 1 aliphatic rings. The fourth-order valence-electron chi connectivity index (χ4n) is 2.63. The van der Waals surface area contributed by atoms with Crippen molar-refractivity contribution >= 4 is 10.2 Å². The molecule has 1 aliphatic heterocycles. The van der Waals surface area contributed by atoms with Crippen LogP contribution in [-0.2, 0) is 16.8 Å². The lowest BCUT2D eigenvalue weighted by Gasteiger charge is -2.20. The lowest BCUT2D eigenvalue weighted by molar-refractivity contribution is 0.414. The standard InChI is InChI=1S/C14H20N6O2S/c21-23(22,19-8-3-1-2-4-9-19)18-10-13-6-5-7-16-14(13)20-12-15-11-17-20/h5-7,11-12,18H,1-4,8-10H2. The lowest BCUT2D eigenvalue weighted by atomic mass is 10.2. The Morgan fingerprint density at radius 2 is 1.96 bits per heavy atom. The van der Waals surface area contributed by atoms with E-state index < -0.39 is 10.2 Å². The topological polar surface area (TPSA) is 93.0 Å². The molecule has 0 atom stereocenters. The van der Waals surface area contributed by atoms with Crippen LogP contribution in [0.5, 0.6) is 0 Å². The van der Waals surface area contributed by atoms with Crippen LogP contribution in [0.4, 0.5) is 0 Å². The Morgan fingerprint density at radius 1 is 1.17 bits per heavy atom. The number of rotatable bonds is 5. The summed E-state index contributed by atoms with van der Waals surface area (Å²) >= 11 is 0. The van der Waals surface area contributed by atoms with Crippen LogP contribution in [-0.4, -0.2) is 45.6 Å². The Morgan fingerprint density at radius 3 is 2.65 bits per heavy atom. The molecule has 2 aromatic rings. The van der Waals surface area contributed by atoms with Crippen LogP contribution in [0.15, 0.2) is 31.0 Å². The molecule has 0 spiro atoms. The highest BCUT2D eigenvalue weighted by Gasteiger charge is 2.22. The highest BCUT2D eigenvalue weighted by molar-refractivity contribution is 7.87. The summed E-state index contributed by atoms with van der Waals surface area (Å²) in [7, 11) is -3.48. The summed E-state index contributed by atoms with van der Waals surface area (Å²) in [6, 6.07) is 3.60. The SMILES string of the molecule is O=S(=O)(NCc1cccnc1-n1cncn1)N1CCCCCC1. The summed E-state index contributed by atoms with van der Waals surface area (Å²) in [5, 5.41) is 4.05. The van der Waals surface area contributed by atoms with Gasteiger partial charge in [-0.3, -0.25) is 0 Å². The number of aromatic nitrogens is 4. The first-order valence-electron chi connectivity index (χ1n) is 7.70. The monoisotopic (exact) mass is 336 g/mol. The van der Waals surface area contributed by atoms with Crippen molar-refractivity contribution in [3.05, 3.63) is 36.5 Å². The van der Waals surface area contributed by atoms with Crippen molar-refractivity contribution in [1.82, 2.24) is 28.8 Å². The third-order valence-corrected chi connectivity index (χ3v) is 5.41. The highest BCUT2D eigenvalue weighted by Crippen LogP contribution is 2.14. The van der Waals surface area contributed by atoms with Crippen LogP contribution in [0.1, 0.15) is 31.2 Å². The summed E-state index contributed by atoms with van der Waals surface area (Å²) in [4.78, 5) is 8.16. The van der Waals surface area contributed by atoms with Gasteiger partial charge in [-0.2, -0.15) is 22.5 Å². The third kappa shape index (κ3) is 3.92. The van der Waals surface area contributed by atoms with Crippen molar-refractivity contribution in [2.75, 3.05) is 13.1 Å². The van der Waals surface area contributed by atoms with Gasteiger partial charge in [0.05, 0.1) is 0 Å². The van der Waals surface area contributed by atoms with Crippen molar-refractivity contribution in [2.45, 2.75) is 32.2 Å². The molecular formula is C14H20N6O2S. The minimum absolute atomic E-state index is 0.169. The Kier molecular flexibility index (Phi) is 4.99. The van der Waals surface area contributed by atoms with Crippen molar-refractivity contribution in [3.8, 4) is 5.82 Å². The maximum absolute atomic E-state index is 12.5. The molecule has 1 saturated heterocycles. The molecule has 1 fully saturated rings. The van der Waals surface area contributed by atoms with E-state index in [2.05, 4.69) is 19.8 Å². The van der Waals surface area contributed by atoms with E-state index in [4.69, 9.17) is 0 Å². The van der Waals surface area contributed by atoms with Gasteiger partial charge in [0, 0.05) is 31.4 Å². The Bertz CT molecular complexity index is 723. The summed E-state index contributed by atoms with van der Waals surface area (Å²) in [6.07, 6.45) is 8.60. The number of nitrogens with one attached hydrogen (secondary N) is 1. The lowest BCUT2D eigenvalue weighted by Crippen LogP contribution is -2.41. The van der Waals surface area contributed by atoms with E-state index in [1.165, 1.54) is 21.6 Å². The smallest absolute Gasteiger partial charge is 0.237 e. The van der Waals surface area contributed by atoms with Gasteiger partial charge < -0.3 is 0 Å². The average molecular weight is 336 g/mol. The highest BCUT2D eigenvalue weighted by atomic mass is 32.2. The van der Waals surface area contributed by atoms with Gasteiger partial charge in [0.1, 0.15) is 12.7 Å². The van der Waals surface area contributed by atoms with Crippen molar-refractivity contribution < 1.29 is 8.42 Å². The second-order valence-corrected chi connectivity index (χ2v) is 7.22. The van der Waals surface area contributed by atoms with Gasteiger partial charge in [-0.25, -0.2) is 14.6 Å². The van der Waals surface area contributed by atoms with Crippen molar-refractivity contribution in [2.24, 2.45) is 0 Å². The maximum Gasteiger partial charge on any atom is 0.279 e. The normalized spacial score (nSPS) is 17.0. The molecule has 8 nitrogen and oxygen atoms in total. The summed E-state index contributed by atoms with van der Waals surface area (Å²) in [5.41, 5.74) is 0.747.